The van der Waals surface area contributed by atoms with Crippen LogP contribution in [0.2, 0.25) is 0 Å². The van der Waals surface area contributed by atoms with Crippen molar-refractivity contribution in [2.45, 2.75) is 12.8 Å². The molecule has 0 fully saturated rings. The number of anilines is 6. The van der Waals surface area contributed by atoms with Crippen LogP contribution in [0.4, 0.5) is 34.4 Å². The molecule has 0 radical (unpaired) electrons. The van der Waals surface area contributed by atoms with E-state index in [-0.39, 0.29) is 0 Å². The van der Waals surface area contributed by atoms with Crippen LogP contribution in [-0.2, 0) is 12.8 Å². The van der Waals surface area contributed by atoms with Gasteiger partial charge in [-0.1, -0.05) is 72.8 Å². The highest BCUT2D eigenvalue weighted by Gasteiger charge is 2.30. The number of hydrogen-bond acceptors (Lipinski definition) is 4. The lowest BCUT2D eigenvalue weighted by atomic mass is 9.93. The predicted octanol–water partition coefficient (Wildman–Crippen LogP) is 8.89. The maximum absolute atomic E-state index is 5.03. The fraction of sp³-hybridized carbons (Fsp3) is 0.0556. The highest BCUT2D eigenvalue weighted by atomic mass is 15.2. The number of fused-ring (bicyclic) bond motifs is 4. The molecule has 4 nitrogen and oxygen atoms in total. The first-order chi connectivity index (χ1) is 19.9. The number of rotatable bonds is 3. The van der Waals surface area contributed by atoms with Crippen molar-refractivity contribution in [2.75, 3.05) is 9.80 Å². The molecular weight excluding hydrogens is 488 g/mol. The highest BCUT2D eigenvalue weighted by Crippen LogP contribution is 2.49. The largest absolute Gasteiger partial charge is 0.294 e. The van der Waals surface area contributed by atoms with Gasteiger partial charge in [-0.25, -0.2) is 9.97 Å². The Morgan fingerprint density at radius 1 is 0.375 bits per heavy atom. The molecule has 2 aromatic heterocycles. The minimum atomic E-state index is 0.898. The fourth-order valence-electron chi connectivity index (χ4n) is 6.21. The Morgan fingerprint density at radius 2 is 0.700 bits per heavy atom. The van der Waals surface area contributed by atoms with Crippen LogP contribution in [0.15, 0.2) is 134 Å². The van der Waals surface area contributed by atoms with Crippen molar-refractivity contribution in [1.29, 1.82) is 0 Å². The van der Waals surface area contributed by atoms with E-state index in [1.807, 2.05) is 24.5 Å². The maximum Gasteiger partial charge on any atom is 0.145 e. The van der Waals surface area contributed by atoms with E-state index in [2.05, 4.69) is 119 Å². The number of benzene rings is 4. The molecule has 0 atom stereocenters. The van der Waals surface area contributed by atoms with Gasteiger partial charge in [0.1, 0.15) is 11.6 Å². The van der Waals surface area contributed by atoms with Gasteiger partial charge in [0.15, 0.2) is 0 Å². The van der Waals surface area contributed by atoms with E-state index in [0.29, 0.717) is 0 Å². The zero-order valence-electron chi connectivity index (χ0n) is 21.9. The van der Waals surface area contributed by atoms with Crippen LogP contribution in [0.1, 0.15) is 22.3 Å². The molecule has 40 heavy (non-hydrogen) atoms. The van der Waals surface area contributed by atoms with E-state index in [1.54, 1.807) is 0 Å². The SMILES string of the molecule is c1ccc2c(c1)Cc1ccccc1N2c1ncccc1-c1cccnc1N1c2ccccc2Cc2ccccc21. The average molecular weight is 515 g/mol. The van der Waals surface area contributed by atoms with E-state index in [1.165, 1.54) is 45.0 Å². The summed E-state index contributed by atoms with van der Waals surface area (Å²) < 4.78 is 0. The third kappa shape index (κ3) is 3.53. The first kappa shape index (κ1) is 22.7. The molecular formula is C36H26N4. The molecule has 2 aliphatic heterocycles. The zero-order valence-corrected chi connectivity index (χ0v) is 21.9. The van der Waals surface area contributed by atoms with Crippen LogP contribution >= 0.6 is 0 Å². The van der Waals surface area contributed by atoms with Crippen molar-refractivity contribution in [3.63, 3.8) is 0 Å². The van der Waals surface area contributed by atoms with Crippen LogP contribution in [0, 0.1) is 0 Å². The van der Waals surface area contributed by atoms with Gasteiger partial charge in [-0.2, -0.15) is 0 Å². The number of hydrogen-bond donors (Lipinski definition) is 0. The van der Waals surface area contributed by atoms with Crippen molar-refractivity contribution in [1.82, 2.24) is 9.97 Å². The van der Waals surface area contributed by atoms with E-state index in [0.717, 1.165) is 35.6 Å². The van der Waals surface area contributed by atoms with Crippen molar-refractivity contribution < 1.29 is 0 Å². The predicted molar refractivity (Wildman–Crippen MR) is 162 cm³/mol. The number of nitrogens with zero attached hydrogens (tertiary/aromatic N) is 4. The molecule has 190 valence electrons. The fourth-order valence-corrected chi connectivity index (χ4v) is 6.21. The monoisotopic (exact) mass is 514 g/mol. The molecule has 2 aliphatic rings. The third-order valence-corrected chi connectivity index (χ3v) is 7.98. The average Bonchev–Trinajstić information content (AvgIpc) is 3.02. The lowest BCUT2D eigenvalue weighted by Crippen LogP contribution is -2.21. The van der Waals surface area contributed by atoms with Gasteiger partial charge in [0.25, 0.3) is 0 Å². The summed E-state index contributed by atoms with van der Waals surface area (Å²) in [5.41, 5.74) is 11.9. The minimum absolute atomic E-state index is 0.898. The molecule has 0 saturated carbocycles. The Bertz CT molecular complexity index is 1660. The van der Waals surface area contributed by atoms with Gasteiger partial charge < -0.3 is 0 Å². The summed E-state index contributed by atoms with van der Waals surface area (Å²) in [6.45, 7) is 0. The minimum Gasteiger partial charge on any atom is -0.294 e. The molecule has 0 bridgehead atoms. The Hall–Kier alpha value is -5.22. The van der Waals surface area contributed by atoms with E-state index >= 15 is 0 Å². The molecule has 8 rings (SSSR count). The highest BCUT2D eigenvalue weighted by molar-refractivity contribution is 5.95. The van der Waals surface area contributed by atoms with E-state index in [9.17, 15) is 0 Å². The summed E-state index contributed by atoms with van der Waals surface area (Å²) in [6, 6.07) is 43.0. The topological polar surface area (TPSA) is 32.3 Å². The second-order valence-electron chi connectivity index (χ2n) is 10.3. The van der Waals surface area contributed by atoms with Gasteiger partial charge in [-0.15, -0.1) is 0 Å². The first-order valence-corrected chi connectivity index (χ1v) is 13.7. The molecule has 0 saturated heterocycles. The van der Waals surface area contributed by atoms with Crippen molar-refractivity contribution >= 4 is 34.4 Å². The second kappa shape index (κ2) is 9.21. The molecule has 4 heteroatoms. The molecule has 0 aliphatic carbocycles. The lowest BCUT2D eigenvalue weighted by Gasteiger charge is -2.35. The van der Waals surface area contributed by atoms with Crippen LogP contribution in [0.5, 0.6) is 0 Å². The number of aromatic nitrogens is 2. The Labute approximate surface area is 233 Å². The molecule has 0 amide bonds. The normalized spacial score (nSPS) is 13.2. The van der Waals surface area contributed by atoms with Crippen LogP contribution < -0.4 is 9.80 Å². The maximum atomic E-state index is 5.03. The van der Waals surface area contributed by atoms with Crippen molar-refractivity contribution in [3.8, 4) is 11.1 Å². The van der Waals surface area contributed by atoms with Gasteiger partial charge in [-0.3, -0.25) is 9.80 Å². The van der Waals surface area contributed by atoms with E-state index < -0.39 is 0 Å². The molecule has 4 aromatic carbocycles. The summed E-state index contributed by atoms with van der Waals surface area (Å²) in [5, 5.41) is 0. The Kier molecular flexibility index (Phi) is 5.23. The van der Waals surface area contributed by atoms with Gasteiger partial charge >= 0.3 is 0 Å². The summed E-state index contributed by atoms with van der Waals surface area (Å²) in [6.07, 6.45) is 5.59. The van der Waals surface area contributed by atoms with Gasteiger partial charge in [-0.05, 0) is 70.8 Å². The summed E-state index contributed by atoms with van der Waals surface area (Å²) >= 11 is 0. The second-order valence-corrected chi connectivity index (χ2v) is 10.3. The molecule has 6 aromatic rings. The standard InChI is InChI=1S/C36H26N4/c1-5-17-31-25(11-1)23-26-12-2-6-18-32(26)39(31)35-29(15-9-21-37-35)30-16-10-22-38-36(30)40-33-19-7-3-13-27(33)24-28-14-4-8-20-34(28)40/h1-22H,23-24H2. The Morgan fingerprint density at radius 3 is 1.05 bits per heavy atom. The third-order valence-electron chi connectivity index (χ3n) is 7.98. The van der Waals surface area contributed by atoms with Gasteiger partial charge in [0.2, 0.25) is 0 Å². The van der Waals surface area contributed by atoms with Crippen LogP contribution in [0.25, 0.3) is 11.1 Å². The summed E-state index contributed by atoms with van der Waals surface area (Å²) in [7, 11) is 0. The van der Waals surface area contributed by atoms with Gasteiger partial charge in [0.05, 0.1) is 22.7 Å². The number of para-hydroxylation sites is 4. The lowest BCUT2D eigenvalue weighted by molar-refractivity contribution is 1.05. The summed E-state index contributed by atoms with van der Waals surface area (Å²) in [5.74, 6) is 1.80. The molecule has 0 N–H and O–H groups in total. The quantitative estimate of drug-likeness (QED) is 0.236. The summed E-state index contributed by atoms with van der Waals surface area (Å²) in [4.78, 5) is 14.7. The van der Waals surface area contributed by atoms with Crippen LogP contribution in [0.3, 0.4) is 0 Å². The number of pyridine rings is 2. The first-order valence-electron chi connectivity index (χ1n) is 13.7. The van der Waals surface area contributed by atoms with Crippen molar-refractivity contribution in [3.05, 3.63) is 156 Å². The van der Waals surface area contributed by atoms with E-state index in [4.69, 9.17) is 9.97 Å². The zero-order chi connectivity index (χ0) is 26.5. The van der Waals surface area contributed by atoms with Crippen molar-refractivity contribution in [2.24, 2.45) is 0 Å². The van der Waals surface area contributed by atoms with Crippen LogP contribution in [-0.4, -0.2) is 9.97 Å². The molecule has 0 spiro atoms. The Balaban J connectivity index is 1.37. The molecule has 0 unspecified atom stereocenters. The van der Waals surface area contributed by atoms with Gasteiger partial charge in [0, 0.05) is 36.4 Å². The smallest absolute Gasteiger partial charge is 0.145 e. The molecule has 4 heterocycles.